The van der Waals surface area contributed by atoms with Crippen molar-refractivity contribution in [2.45, 2.75) is 63.5 Å². The molecule has 0 aliphatic heterocycles. The van der Waals surface area contributed by atoms with E-state index in [0.717, 1.165) is 0 Å². The number of aromatic hydroxyl groups is 1. The fraction of sp³-hybridized carbons (Fsp3) is 0.424. The highest BCUT2D eigenvalue weighted by molar-refractivity contribution is 6.24. The molecular formula is C33H37N3O8. The van der Waals surface area contributed by atoms with E-state index in [2.05, 4.69) is 4.98 Å². The molecule has 1 heterocycles. The van der Waals surface area contributed by atoms with Crippen LogP contribution in [0.25, 0.3) is 5.76 Å². The number of benzene rings is 1. The van der Waals surface area contributed by atoms with Gasteiger partial charge >= 0.3 is 0 Å². The van der Waals surface area contributed by atoms with Crippen LogP contribution >= 0.6 is 0 Å². The summed E-state index contributed by atoms with van der Waals surface area (Å²) in [6.45, 7) is 5.63. The molecule has 0 bridgehead atoms. The molecule has 3 aliphatic carbocycles. The van der Waals surface area contributed by atoms with Gasteiger partial charge in [-0.1, -0.05) is 26.8 Å². The number of rotatable bonds is 6. The monoisotopic (exact) mass is 603 g/mol. The van der Waals surface area contributed by atoms with Crippen molar-refractivity contribution in [1.82, 2.24) is 9.88 Å². The summed E-state index contributed by atoms with van der Waals surface area (Å²) in [5.41, 5.74) is 3.26. The van der Waals surface area contributed by atoms with Gasteiger partial charge in [-0.3, -0.25) is 29.1 Å². The van der Waals surface area contributed by atoms with E-state index in [0.29, 0.717) is 22.3 Å². The van der Waals surface area contributed by atoms with Crippen molar-refractivity contribution < 1.29 is 39.6 Å². The Hall–Kier alpha value is -4.35. The maximum atomic E-state index is 14.2. The first kappa shape index (κ1) is 31.1. The Morgan fingerprint density at radius 1 is 1.16 bits per heavy atom. The number of hydrogen-bond donors (Lipinski definition) is 5. The number of Topliss-reactive ketones (excluding diaryl/α,β-unsaturated/α-hetero) is 3. The van der Waals surface area contributed by atoms with E-state index in [4.69, 9.17) is 5.73 Å². The van der Waals surface area contributed by atoms with Crippen LogP contribution < -0.4 is 5.73 Å². The van der Waals surface area contributed by atoms with Crippen molar-refractivity contribution in [1.29, 1.82) is 0 Å². The van der Waals surface area contributed by atoms with Gasteiger partial charge in [-0.25, -0.2) is 0 Å². The molecule has 44 heavy (non-hydrogen) atoms. The summed E-state index contributed by atoms with van der Waals surface area (Å²) < 4.78 is 0. The Kier molecular flexibility index (Phi) is 7.54. The number of phenols is 1. The summed E-state index contributed by atoms with van der Waals surface area (Å²) in [5.74, 6) is -7.07. The number of primary amides is 1. The zero-order valence-corrected chi connectivity index (χ0v) is 25.3. The van der Waals surface area contributed by atoms with Gasteiger partial charge in [0, 0.05) is 41.4 Å². The third-order valence-corrected chi connectivity index (χ3v) is 9.23. The Bertz CT molecular complexity index is 1670. The smallest absolute Gasteiger partial charge is 0.255 e. The SMILES string of the molecule is CN(C)[C@@H]1C(=O)C(C(N)=O)=C(O)[C@@]2(O)C(=O)C3=C(O)c4c(O)c(C(C)(C)C)cc(CCC(=O)c5cccnc5)c4C[C@@H]3C[C@@H]12. The predicted molar refractivity (Wildman–Crippen MR) is 160 cm³/mol. The van der Waals surface area contributed by atoms with Gasteiger partial charge in [0.05, 0.1) is 11.6 Å². The minimum atomic E-state index is -2.71. The summed E-state index contributed by atoms with van der Waals surface area (Å²) >= 11 is 0. The van der Waals surface area contributed by atoms with E-state index in [-0.39, 0.29) is 48.4 Å². The third-order valence-electron chi connectivity index (χ3n) is 9.23. The van der Waals surface area contributed by atoms with Gasteiger partial charge in [0.25, 0.3) is 5.91 Å². The van der Waals surface area contributed by atoms with Gasteiger partial charge in [-0.2, -0.15) is 0 Å². The van der Waals surface area contributed by atoms with Crippen LogP contribution in [-0.2, 0) is 32.6 Å². The molecule has 0 spiro atoms. The van der Waals surface area contributed by atoms with Crippen LogP contribution in [0.3, 0.4) is 0 Å². The zero-order chi connectivity index (χ0) is 32.5. The maximum Gasteiger partial charge on any atom is 0.255 e. The standard InChI is InChI=1S/C33H37N3O8/c1-32(2,3)20-12-15(8-9-21(37)16-7-6-10-35-14-16)18-11-17-13-19-25(36(4)5)28(40)24(31(34)43)30(42)33(19,44)29(41)22(17)27(39)23(18)26(20)38/h6-7,10,12,14,17,19,25,38-39,42,44H,8-9,11,13H2,1-5H3,(H2,34,43)/t17-,19+,25+,33+/m1/s1. The lowest BCUT2D eigenvalue weighted by Crippen LogP contribution is -2.65. The molecule has 2 aromatic rings. The number of phenolic OH excluding ortho intramolecular Hbond substituents is 1. The lowest BCUT2D eigenvalue weighted by atomic mass is 9.57. The topological polar surface area (TPSA) is 191 Å². The molecule has 0 radical (unpaired) electrons. The molecule has 1 saturated carbocycles. The number of nitrogens with zero attached hydrogens (tertiary/aromatic N) is 2. The molecule has 4 atom stereocenters. The Morgan fingerprint density at radius 3 is 2.41 bits per heavy atom. The number of amides is 1. The number of carbonyl (C=O) groups is 4. The number of aliphatic hydroxyl groups is 3. The van der Waals surface area contributed by atoms with Gasteiger partial charge in [0.2, 0.25) is 5.78 Å². The Labute approximate surface area is 254 Å². The largest absolute Gasteiger partial charge is 0.508 e. The molecule has 1 amide bonds. The molecule has 11 nitrogen and oxygen atoms in total. The predicted octanol–water partition coefficient (Wildman–Crippen LogP) is 2.47. The maximum absolute atomic E-state index is 14.2. The van der Waals surface area contributed by atoms with Gasteiger partial charge in [-0.15, -0.1) is 0 Å². The first-order valence-corrected chi connectivity index (χ1v) is 14.5. The van der Waals surface area contributed by atoms with E-state index < -0.39 is 63.5 Å². The van der Waals surface area contributed by atoms with E-state index in [1.54, 1.807) is 32.4 Å². The van der Waals surface area contributed by atoms with Crippen molar-refractivity contribution >= 4 is 29.0 Å². The number of aromatic nitrogens is 1. The van der Waals surface area contributed by atoms with Crippen molar-refractivity contribution in [3.8, 4) is 5.75 Å². The molecule has 3 aliphatic rings. The normalized spacial score (nSPS) is 25.1. The molecule has 1 fully saturated rings. The Balaban J connectivity index is 1.68. The second kappa shape index (κ2) is 10.7. The van der Waals surface area contributed by atoms with Crippen LogP contribution in [-0.4, -0.2) is 79.3 Å². The number of pyridine rings is 1. The van der Waals surface area contributed by atoms with Crippen LogP contribution in [0.4, 0.5) is 0 Å². The number of aryl methyl sites for hydroxylation is 1. The van der Waals surface area contributed by atoms with Crippen molar-refractivity contribution in [2.75, 3.05) is 14.1 Å². The highest BCUT2D eigenvalue weighted by Crippen LogP contribution is 2.54. The second-order valence-electron chi connectivity index (χ2n) is 13.2. The molecule has 1 aromatic carbocycles. The molecule has 6 N–H and O–H groups in total. The summed E-state index contributed by atoms with van der Waals surface area (Å²) in [5, 5.41) is 46.1. The van der Waals surface area contributed by atoms with Gasteiger partial charge < -0.3 is 26.2 Å². The Morgan fingerprint density at radius 2 is 1.84 bits per heavy atom. The lowest BCUT2D eigenvalue weighted by Gasteiger charge is -2.50. The number of likely N-dealkylation sites (N-methyl/N-ethyl adjacent to an activating group) is 1. The lowest BCUT2D eigenvalue weighted by molar-refractivity contribution is -0.153. The van der Waals surface area contributed by atoms with Crippen LogP contribution in [0.15, 0.2) is 47.5 Å². The zero-order valence-electron chi connectivity index (χ0n) is 25.3. The molecule has 232 valence electrons. The minimum absolute atomic E-state index is 0.0123. The molecule has 0 saturated heterocycles. The molecule has 11 heteroatoms. The van der Waals surface area contributed by atoms with Crippen molar-refractivity contribution in [2.24, 2.45) is 17.6 Å². The average Bonchev–Trinajstić information content (AvgIpc) is 2.93. The summed E-state index contributed by atoms with van der Waals surface area (Å²) in [6.07, 6.45) is 3.62. The molecule has 1 aromatic heterocycles. The quantitative estimate of drug-likeness (QED) is 0.242. The molecular weight excluding hydrogens is 566 g/mol. The van der Waals surface area contributed by atoms with Crippen LogP contribution in [0.1, 0.15) is 66.2 Å². The highest BCUT2D eigenvalue weighted by Gasteiger charge is 2.64. The number of aliphatic hydroxyl groups excluding tert-OH is 2. The van der Waals surface area contributed by atoms with E-state index in [9.17, 15) is 39.6 Å². The number of ketones is 3. The van der Waals surface area contributed by atoms with Gasteiger partial charge in [0.1, 0.15) is 22.8 Å². The first-order chi connectivity index (χ1) is 20.5. The minimum Gasteiger partial charge on any atom is -0.508 e. The highest BCUT2D eigenvalue weighted by atomic mass is 16.3. The summed E-state index contributed by atoms with van der Waals surface area (Å²) in [6, 6.07) is 4.01. The number of carbonyl (C=O) groups excluding carboxylic acids is 4. The third kappa shape index (κ3) is 4.62. The van der Waals surface area contributed by atoms with Crippen molar-refractivity contribution in [3.63, 3.8) is 0 Å². The van der Waals surface area contributed by atoms with Gasteiger partial charge in [-0.05, 0) is 68.0 Å². The average molecular weight is 604 g/mol. The fourth-order valence-corrected chi connectivity index (χ4v) is 7.10. The van der Waals surface area contributed by atoms with Crippen LogP contribution in [0.2, 0.25) is 0 Å². The van der Waals surface area contributed by atoms with Crippen LogP contribution in [0.5, 0.6) is 5.75 Å². The van der Waals surface area contributed by atoms with Crippen molar-refractivity contribution in [3.05, 3.63) is 75.3 Å². The van der Waals surface area contributed by atoms with E-state index in [1.807, 2.05) is 26.8 Å². The van der Waals surface area contributed by atoms with E-state index in [1.165, 1.54) is 11.1 Å². The number of fused-ring (bicyclic) bond motifs is 3. The molecule has 5 rings (SSSR count). The van der Waals surface area contributed by atoms with E-state index >= 15 is 0 Å². The summed E-state index contributed by atoms with van der Waals surface area (Å²) in [7, 11) is 3.10. The number of nitrogens with two attached hydrogens (primary N) is 1. The first-order valence-electron chi connectivity index (χ1n) is 14.5. The summed E-state index contributed by atoms with van der Waals surface area (Å²) in [4.78, 5) is 58.2. The molecule has 0 unspecified atom stereocenters. The van der Waals surface area contributed by atoms with Crippen LogP contribution in [0, 0.1) is 11.8 Å². The fourth-order valence-electron chi connectivity index (χ4n) is 7.10. The second-order valence-corrected chi connectivity index (χ2v) is 13.2. The number of hydrogen-bond acceptors (Lipinski definition) is 10. The van der Waals surface area contributed by atoms with Gasteiger partial charge in [0.15, 0.2) is 17.2 Å².